The Bertz CT molecular complexity index is 1080. The Morgan fingerprint density at radius 3 is 2.56 bits per heavy atom. The highest BCUT2D eigenvalue weighted by Crippen LogP contribution is 2.35. The fourth-order valence-corrected chi connectivity index (χ4v) is 4.92. The van der Waals surface area contributed by atoms with E-state index in [9.17, 15) is 27.2 Å². The normalized spacial score (nSPS) is 19.0. The van der Waals surface area contributed by atoms with E-state index in [-0.39, 0.29) is 56.0 Å². The molecule has 1 aromatic heterocycles. The summed E-state index contributed by atoms with van der Waals surface area (Å²) < 4.78 is 60.7. The number of hydrogen-bond acceptors (Lipinski definition) is 5. The van der Waals surface area contributed by atoms with Crippen molar-refractivity contribution in [2.45, 2.75) is 51.9 Å². The summed E-state index contributed by atoms with van der Waals surface area (Å²) >= 11 is 0. The third-order valence-electron chi connectivity index (χ3n) is 6.81. The number of aromatic nitrogens is 2. The van der Waals surface area contributed by atoms with E-state index in [0.29, 0.717) is 43.8 Å². The van der Waals surface area contributed by atoms with Crippen LogP contribution in [0.25, 0.3) is 0 Å². The molecule has 0 bridgehead atoms. The van der Waals surface area contributed by atoms with Gasteiger partial charge in [-0.05, 0) is 63.4 Å². The Morgan fingerprint density at radius 1 is 1.11 bits per heavy atom. The van der Waals surface area contributed by atoms with Crippen LogP contribution in [0.5, 0.6) is 0 Å². The number of alkyl halides is 3. The van der Waals surface area contributed by atoms with Crippen molar-refractivity contribution in [2.24, 2.45) is 5.92 Å². The maximum atomic E-state index is 13.7. The van der Waals surface area contributed by atoms with Gasteiger partial charge >= 0.3 is 12.1 Å². The quantitative estimate of drug-likeness (QED) is 0.439. The topological polar surface area (TPSA) is 67.7 Å². The number of carbonyl (C=O) groups is 2. The standard InChI is InChI=1S/C25H30F4N4O3/c1-2-36-24(35)18-4-3-11-31(12-9-18)16-22(34)32-13-10-20-21(15-32)33(30-23(20)25(27,28)29)14-17-5-7-19(26)8-6-17/h5-8,18H,2-4,9-16H2,1H3. The van der Waals surface area contributed by atoms with Gasteiger partial charge < -0.3 is 9.64 Å². The van der Waals surface area contributed by atoms with E-state index in [2.05, 4.69) is 5.10 Å². The van der Waals surface area contributed by atoms with Gasteiger partial charge in [0.15, 0.2) is 5.69 Å². The van der Waals surface area contributed by atoms with Crippen molar-refractivity contribution < 1.29 is 31.9 Å². The van der Waals surface area contributed by atoms with Crippen LogP contribution in [0.4, 0.5) is 17.6 Å². The molecule has 196 valence electrons. The molecule has 1 atom stereocenters. The predicted molar refractivity (Wildman–Crippen MR) is 122 cm³/mol. The SMILES string of the molecule is CCOC(=O)C1CCCN(CC(=O)N2CCc3c(C(F)(F)F)nn(Cc4ccc(F)cc4)c3C2)CC1. The van der Waals surface area contributed by atoms with Crippen molar-refractivity contribution in [2.75, 3.05) is 32.8 Å². The number of fused-ring (bicyclic) bond motifs is 1. The van der Waals surface area contributed by atoms with Gasteiger partial charge in [0.25, 0.3) is 0 Å². The third kappa shape index (κ3) is 6.05. The van der Waals surface area contributed by atoms with Crippen LogP contribution in [0.3, 0.4) is 0 Å². The second kappa shape index (κ2) is 11.0. The van der Waals surface area contributed by atoms with Gasteiger partial charge in [0, 0.05) is 12.1 Å². The van der Waals surface area contributed by atoms with Crippen molar-refractivity contribution >= 4 is 11.9 Å². The van der Waals surface area contributed by atoms with E-state index in [1.807, 2.05) is 4.90 Å². The van der Waals surface area contributed by atoms with Crippen LogP contribution >= 0.6 is 0 Å². The van der Waals surface area contributed by atoms with E-state index >= 15 is 0 Å². The summed E-state index contributed by atoms with van der Waals surface area (Å²) in [5, 5.41) is 3.85. The van der Waals surface area contributed by atoms with Crippen LogP contribution in [-0.2, 0) is 40.0 Å². The maximum absolute atomic E-state index is 13.7. The molecule has 4 rings (SSSR count). The number of likely N-dealkylation sites (tertiary alicyclic amines) is 1. The Labute approximate surface area is 207 Å². The van der Waals surface area contributed by atoms with Crippen LogP contribution in [-0.4, -0.2) is 64.2 Å². The molecule has 3 heterocycles. The molecule has 2 aliphatic rings. The Morgan fingerprint density at radius 2 is 1.86 bits per heavy atom. The van der Waals surface area contributed by atoms with E-state index in [1.165, 1.54) is 28.9 Å². The molecule has 2 aromatic rings. The highest BCUT2D eigenvalue weighted by Gasteiger charge is 2.41. The fraction of sp³-hybridized carbons (Fsp3) is 0.560. The number of rotatable bonds is 6. The second-order valence-electron chi connectivity index (χ2n) is 9.28. The summed E-state index contributed by atoms with van der Waals surface area (Å²) in [5.41, 5.74) is 0.147. The summed E-state index contributed by atoms with van der Waals surface area (Å²) in [6.07, 6.45) is -2.47. The van der Waals surface area contributed by atoms with Crippen molar-refractivity contribution in [1.29, 1.82) is 0 Å². The Balaban J connectivity index is 1.45. The number of nitrogens with zero attached hydrogens (tertiary/aromatic N) is 4. The zero-order chi connectivity index (χ0) is 25.9. The Kier molecular flexibility index (Phi) is 7.97. The van der Waals surface area contributed by atoms with E-state index < -0.39 is 17.7 Å². The van der Waals surface area contributed by atoms with Crippen LogP contribution in [0.1, 0.15) is 48.7 Å². The van der Waals surface area contributed by atoms with Gasteiger partial charge in [0.2, 0.25) is 5.91 Å². The summed E-state index contributed by atoms with van der Waals surface area (Å²) in [7, 11) is 0. The van der Waals surface area contributed by atoms with E-state index in [4.69, 9.17) is 4.74 Å². The number of amides is 1. The molecule has 0 spiro atoms. The molecular weight excluding hydrogens is 480 g/mol. The zero-order valence-electron chi connectivity index (χ0n) is 20.2. The number of halogens is 4. The number of hydrogen-bond donors (Lipinski definition) is 0. The molecule has 7 nitrogen and oxygen atoms in total. The largest absolute Gasteiger partial charge is 0.466 e. The van der Waals surface area contributed by atoms with Crippen LogP contribution in [0.2, 0.25) is 0 Å². The molecule has 0 radical (unpaired) electrons. The predicted octanol–water partition coefficient (Wildman–Crippen LogP) is 3.64. The molecule has 0 aliphatic carbocycles. The van der Waals surface area contributed by atoms with Gasteiger partial charge in [-0.3, -0.25) is 19.2 Å². The number of benzene rings is 1. The monoisotopic (exact) mass is 510 g/mol. The van der Waals surface area contributed by atoms with Crippen molar-refractivity contribution in [3.63, 3.8) is 0 Å². The zero-order valence-corrected chi connectivity index (χ0v) is 20.2. The summed E-state index contributed by atoms with van der Waals surface area (Å²) in [6.45, 7) is 3.74. The Hall–Kier alpha value is -2.95. The van der Waals surface area contributed by atoms with E-state index in [0.717, 1.165) is 6.42 Å². The molecule has 1 amide bonds. The minimum atomic E-state index is -4.61. The highest BCUT2D eigenvalue weighted by molar-refractivity contribution is 5.78. The molecular formula is C25H30F4N4O3. The molecule has 36 heavy (non-hydrogen) atoms. The first-order valence-corrected chi connectivity index (χ1v) is 12.2. The van der Waals surface area contributed by atoms with E-state index in [1.54, 1.807) is 11.8 Å². The lowest BCUT2D eigenvalue weighted by Gasteiger charge is -2.30. The smallest absolute Gasteiger partial charge is 0.435 e. The molecule has 1 aromatic carbocycles. The van der Waals surface area contributed by atoms with Crippen LogP contribution in [0.15, 0.2) is 24.3 Å². The van der Waals surface area contributed by atoms with Crippen molar-refractivity contribution in [3.05, 3.63) is 52.6 Å². The van der Waals surface area contributed by atoms with Crippen LogP contribution in [0, 0.1) is 11.7 Å². The highest BCUT2D eigenvalue weighted by atomic mass is 19.4. The second-order valence-corrected chi connectivity index (χ2v) is 9.28. The molecule has 0 N–H and O–H groups in total. The summed E-state index contributed by atoms with van der Waals surface area (Å²) in [6, 6.07) is 5.51. The van der Waals surface area contributed by atoms with Gasteiger partial charge in [-0.15, -0.1) is 0 Å². The molecule has 2 aliphatic heterocycles. The van der Waals surface area contributed by atoms with Gasteiger partial charge in [0.05, 0.1) is 37.9 Å². The molecule has 1 saturated heterocycles. The number of ether oxygens (including phenoxy) is 1. The van der Waals surface area contributed by atoms with Gasteiger partial charge in [-0.2, -0.15) is 18.3 Å². The summed E-state index contributed by atoms with van der Waals surface area (Å²) in [4.78, 5) is 28.8. The van der Waals surface area contributed by atoms with Crippen molar-refractivity contribution in [3.8, 4) is 0 Å². The third-order valence-corrected chi connectivity index (χ3v) is 6.81. The summed E-state index contributed by atoms with van der Waals surface area (Å²) in [5.74, 6) is -0.984. The lowest BCUT2D eigenvalue weighted by molar-refractivity contribution is -0.148. The first-order chi connectivity index (χ1) is 17.2. The number of esters is 1. The first-order valence-electron chi connectivity index (χ1n) is 12.2. The maximum Gasteiger partial charge on any atom is 0.435 e. The number of carbonyl (C=O) groups excluding carboxylic acids is 2. The molecule has 11 heteroatoms. The van der Waals surface area contributed by atoms with Gasteiger partial charge in [-0.25, -0.2) is 4.39 Å². The van der Waals surface area contributed by atoms with Gasteiger partial charge in [-0.1, -0.05) is 12.1 Å². The minimum absolute atomic E-state index is 0.0255. The molecule has 1 fully saturated rings. The average molecular weight is 511 g/mol. The molecule has 0 saturated carbocycles. The molecule has 1 unspecified atom stereocenters. The van der Waals surface area contributed by atoms with Crippen molar-refractivity contribution in [1.82, 2.24) is 19.6 Å². The first kappa shape index (κ1) is 26.1. The van der Waals surface area contributed by atoms with Crippen LogP contribution < -0.4 is 0 Å². The average Bonchev–Trinajstić information content (AvgIpc) is 3.03. The fourth-order valence-electron chi connectivity index (χ4n) is 4.92. The minimum Gasteiger partial charge on any atom is -0.466 e. The lowest BCUT2D eigenvalue weighted by Crippen LogP contribution is -2.43. The van der Waals surface area contributed by atoms with Gasteiger partial charge in [0.1, 0.15) is 5.82 Å². The lowest BCUT2D eigenvalue weighted by atomic mass is 10.0.